The lowest BCUT2D eigenvalue weighted by atomic mass is 9.95. The van der Waals surface area contributed by atoms with Gasteiger partial charge in [0.25, 0.3) is 0 Å². The van der Waals surface area contributed by atoms with E-state index in [0.29, 0.717) is 37.6 Å². The highest BCUT2D eigenvalue weighted by atomic mass is 35.5. The molecule has 2 aromatic rings. The Labute approximate surface area is 161 Å². The Bertz CT molecular complexity index is 898. The van der Waals surface area contributed by atoms with Crippen LogP contribution in [0.15, 0.2) is 18.2 Å². The molecule has 1 spiro atoms. The number of aryl methyl sites for hydroxylation is 1. The van der Waals surface area contributed by atoms with Gasteiger partial charge in [-0.05, 0) is 25.0 Å². The zero-order valence-electron chi connectivity index (χ0n) is 15.1. The van der Waals surface area contributed by atoms with E-state index in [9.17, 15) is 9.59 Å². The highest BCUT2D eigenvalue weighted by Gasteiger charge is 2.41. The maximum atomic E-state index is 12.6. The smallest absolute Gasteiger partial charge is 0.407 e. The molecule has 4 rings (SSSR count). The van der Waals surface area contributed by atoms with Crippen molar-refractivity contribution in [3.8, 4) is 0 Å². The van der Waals surface area contributed by atoms with Crippen LogP contribution in [0, 0.1) is 0 Å². The van der Waals surface area contributed by atoms with Crippen LogP contribution in [-0.2, 0) is 18.3 Å². The van der Waals surface area contributed by atoms with Crippen LogP contribution in [0.4, 0.5) is 9.59 Å². The van der Waals surface area contributed by atoms with E-state index >= 15 is 0 Å². The summed E-state index contributed by atoms with van der Waals surface area (Å²) in [5, 5.41) is 11.6. The second-order valence-corrected chi connectivity index (χ2v) is 7.54. The fourth-order valence-electron chi connectivity index (χ4n) is 3.90. The molecule has 1 atom stereocenters. The number of nitrogens with one attached hydrogen (secondary N) is 2. The number of ether oxygens (including phenoxy) is 1. The number of benzene rings is 1. The lowest BCUT2D eigenvalue weighted by Crippen LogP contribution is -2.41. The van der Waals surface area contributed by atoms with Gasteiger partial charge in [-0.2, -0.15) is 5.10 Å². The molecule has 2 aliphatic rings. The summed E-state index contributed by atoms with van der Waals surface area (Å²) < 4.78 is 7.22. The second kappa shape index (κ2) is 6.92. The molecular formula is C18H22ClN5O3. The Hall–Kier alpha value is -2.48. The van der Waals surface area contributed by atoms with Crippen LogP contribution in [0.1, 0.15) is 25.0 Å². The summed E-state index contributed by atoms with van der Waals surface area (Å²) in [6, 6.07) is 5.51. The highest BCUT2D eigenvalue weighted by Crippen LogP contribution is 2.29. The fourth-order valence-corrected chi connectivity index (χ4v) is 4.18. The van der Waals surface area contributed by atoms with Gasteiger partial charge in [0, 0.05) is 31.9 Å². The molecule has 1 aromatic carbocycles. The molecule has 2 aliphatic heterocycles. The standard InChI is InChI=1S/C18H22ClN5O3/c1-23-14-5-2-4-12(19)15(14)13(22-23)10-20-16(25)24-8-3-6-18(7-9-24)11-21-17(26)27-18/h2,4-5H,3,6-11H2,1H3,(H,20,25)(H,21,26). The van der Waals surface area contributed by atoms with Gasteiger partial charge >= 0.3 is 12.1 Å². The Kier molecular flexibility index (Phi) is 4.59. The summed E-state index contributed by atoms with van der Waals surface area (Å²) in [6.07, 6.45) is 1.82. The molecule has 2 fully saturated rings. The van der Waals surface area contributed by atoms with Crippen molar-refractivity contribution in [3.05, 3.63) is 28.9 Å². The Morgan fingerprint density at radius 2 is 2.26 bits per heavy atom. The molecule has 2 saturated heterocycles. The molecule has 8 nitrogen and oxygen atoms in total. The Balaban J connectivity index is 1.41. The molecule has 0 aliphatic carbocycles. The first-order valence-corrected chi connectivity index (χ1v) is 9.45. The Morgan fingerprint density at radius 1 is 1.41 bits per heavy atom. The predicted molar refractivity (Wildman–Crippen MR) is 101 cm³/mol. The van der Waals surface area contributed by atoms with Crippen LogP contribution >= 0.6 is 11.6 Å². The van der Waals surface area contributed by atoms with Crippen LogP contribution in [0.3, 0.4) is 0 Å². The lowest BCUT2D eigenvalue weighted by Gasteiger charge is -2.25. The van der Waals surface area contributed by atoms with Crippen LogP contribution in [0.25, 0.3) is 10.9 Å². The maximum absolute atomic E-state index is 12.6. The first-order valence-electron chi connectivity index (χ1n) is 9.07. The van der Waals surface area contributed by atoms with Crippen molar-refractivity contribution in [2.45, 2.75) is 31.4 Å². The minimum atomic E-state index is -0.475. The van der Waals surface area contributed by atoms with Crippen molar-refractivity contribution in [2.24, 2.45) is 7.05 Å². The zero-order chi connectivity index (χ0) is 19.0. The fraction of sp³-hybridized carbons (Fsp3) is 0.500. The highest BCUT2D eigenvalue weighted by molar-refractivity contribution is 6.35. The molecule has 3 amide bonds. The molecule has 1 unspecified atom stereocenters. The quantitative estimate of drug-likeness (QED) is 0.822. The van der Waals surface area contributed by atoms with Gasteiger partial charge in [-0.1, -0.05) is 17.7 Å². The van der Waals surface area contributed by atoms with E-state index in [-0.39, 0.29) is 12.1 Å². The molecular weight excluding hydrogens is 370 g/mol. The van der Waals surface area contributed by atoms with Crippen molar-refractivity contribution < 1.29 is 14.3 Å². The monoisotopic (exact) mass is 391 g/mol. The van der Waals surface area contributed by atoms with Crippen LogP contribution < -0.4 is 10.6 Å². The van der Waals surface area contributed by atoms with Gasteiger partial charge in [-0.15, -0.1) is 0 Å². The van der Waals surface area contributed by atoms with Crippen LogP contribution in [0.2, 0.25) is 5.02 Å². The van der Waals surface area contributed by atoms with E-state index in [1.165, 1.54) is 0 Å². The molecule has 27 heavy (non-hydrogen) atoms. The summed E-state index contributed by atoms with van der Waals surface area (Å²) >= 11 is 6.32. The molecule has 9 heteroatoms. The third kappa shape index (κ3) is 3.41. The molecule has 0 saturated carbocycles. The van der Waals surface area contributed by atoms with Gasteiger partial charge in [0.2, 0.25) is 0 Å². The third-order valence-corrected chi connectivity index (χ3v) is 5.67. The molecule has 2 N–H and O–H groups in total. The van der Waals surface area contributed by atoms with Crippen molar-refractivity contribution in [3.63, 3.8) is 0 Å². The third-order valence-electron chi connectivity index (χ3n) is 5.36. The average molecular weight is 392 g/mol. The minimum absolute atomic E-state index is 0.143. The number of alkyl carbamates (subject to hydrolysis) is 1. The van der Waals surface area contributed by atoms with E-state index in [4.69, 9.17) is 16.3 Å². The molecule has 0 bridgehead atoms. The van der Waals surface area contributed by atoms with E-state index in [0.717, 1.165) is 29.4 Å². The van der Waals surface area contributed by atoms with Crippen molar-refractivity contribution in [1.82, 2.24) is 25.3 Å². The number of likely N-dealkylation sites (tertiary alicyclic amines) is 1. The largest absolute Gasteiger partial charge is 0.441 e. The maximum Gasteiger partial charge on any atom is 0.407 e. The van der Waals surface area contributed by atoms with Gasteiger partial charge in [-0.3, -0.25) is 4.68 Å². The molecule has 144 valence electrons. The van der Waals surface area contributed by atoms with Gasteiger partial charge < -0.3 is 20.3 Å². The topological polar surface area (TPSA) is 88.5 Å². The number of carbonyl (C=O) groups is 2. The summed E-state index contributed by atoms with van der Waals surface area (Å²) in [7, 11) is 1.86. The second-order valence-electron chi connectivity index (χ2n) is 7.13. The normalized spacial score (nSPS) is 22.6. The van der Waals surface area contributed by atoms with Gasteiger partial charge in [0.1, 0.15) is 5.60 Å². The molecule has 0 radical (unpaired) electrons. The predicted octanol–water partition coefficient (Wildman–Crippen LogP) is 2.40. The number of nitrogens with zero attached hydrogens (tertiary/aromatic N) is 3. The molecule has 1 aromatic heterocycles. The van der Waals surface area contributed by atoms with Gasteiger partial charge in [0.05, 0.1) is 29.3 Å². The first kappa shape index (κ1) is 17.9. The van der Waals surface area contributed by atoms with Crippen molar-refractivity contribution in [1.29, 1.82) is 0 Å². The van der Waals surface area contributed by atoms with Crippen LogP contribution in [0.5, 0.6) is 0 Å². The van der Waals surface area contributed by atoms with E-state index in [1.807, 2.05) is 25.2 Å². The number of hydrogen-bond acceptors (Lipinski definition) is 4. The zero-order valence-corrected chi connectivity index (χ0v) is 15.9. The Morgan fingerprint density at radius 3 is 3.04 bits per heavy atom. The number of aromatic nitrogens is 2. The summed E-state index contributed by atoms with van der Waals surface area (Å²) in [5.74, 6) is 0. The van der Waals surface area contributed by atoms with E-state index < -0.39 is 5.60 Å². The number of rotatable bonds is 2. The van der Waals surface area contributed by atoms with E-state index in [2.05, 4.69) is 15.7 Å². The van der Waals surface area contributed by atoms with E-state index in [1.54, 1.807) is 9.58 Å². The van der Waals surface area contributed by atoms with Crippen molar-refractivity contribution in [2.75, 3.05) is 19.6 Å². The number of urea groups is 1. The number of hydrogen-bond donors (Lipinski definition) is 2. The average Bonchev–Trinajstić information content (AvgIpc) is 3.08. The number of fused-ring (bicyclic) bond motifs is 1. The SMILES string of the molecule is Cn1nc(CNC(=O)N2CCCC3(CC2)CNC(=O)O3)c2c(Cl)cccc21. The lowest BCUT2D eigenvalue weighted by molar-refractivity contribution is 0.0453. The summed E-state index contributed by atoms with van der Waals surface area (Å²) in [6.45, 7) is 2.00. The minimum Gasteiger partial charge on any atom is -0.441 e. The van der Waals surface area contributed by atoms with Crippen molar-refractivity contribution >= 4 is 34.6 Å². The van der Waals surface area contributed by atoms with Gasteiger partial charge in [-0.25, -0.2) is 9.59 Å². The number of halogens is 1. The van der Waals surface area contributed by atoms with Gasteiger partial charge in [0.15, 0.2) is 0 Å². The number of carbonyl (C=O) groups excluding carboxylic acids is 2. The first-order chi connectivity index (χ1) is 13.0. The van der Waals surface area contributed by atoms with Crippen LogP contribution in [-0.4, -0.2) is 52.0 Å². The summed E-state index contributed by atoms with van der Waals surface area (Å²) in [4.78, 5) is 25.8. The number of amides is 3. The summed E-state index contributed by atoms with van der Waals surface area (Å²) in [5.41, 5.74) is 1.20. The molecule has 3 heterocycles.